The molecule has 4 atom stereocenters. The van der Waals surface area contributed by atoms with Crippen molar-refractivity contribution < 1.29 is 0 Å². The van der Waals surface area contributed by atoms with E-state index in [1.807, 2.05) is 0 Å². The summed E-state index contributed by atoms with van der Waals surface area (Å²) in [5.41, 5.74) is 0. The highest BCUT2D eigenvalue weighted by Crippen LogP contribution is 2.52. The van der Waals surface area contributed by atoms with E-state index in [9.17, 15) is 0 Å². The van der Waals surface area contributed by atoms with Gasteiger partial charge in [0.25, 0.3) is 0 Å². The van der Waals surface area contributed by atoms with Crippen molar-refractivity contribution >= 4 is 127 Å². The third-order valence-electron chi connectivity index (χ3n) is 3.48. The highest BCUT2D eigenvalue weighted by Gasteiger charge is 2.44. The summed E-state index contributed by atoms with van der Waals surface area (Å²) in [4.78, 5) is 0. The highest BCUT2D eigenvalue weighted by molar-refractivity contribution is 9.25. The third kappa shape index (κ3) is 5.48. The average molecular weight is 771 g/mol. The Morgan fingerprint density at radius 2 is 0.611 bits per heavy atom. The van der Waals surface area contributed by atoms with Gasteiger partial charge in [-0.2, -0.15) is 0 Å². The molecule has 0 N–H and O–H groups in total. The zero-order valence-corrected chi connectivity index (χ0v) is 21.7. The molecule has 1 aliphatic carbocycles. The molecule has 0 saturated heterocycles. The minimum atomic E-state index is 0.346. The summed E-state index contributed by atoms with van der Waals surface area (Å²) in [5, 5.41) is 0. The Bertz CT molecular complexity index is 204. The quantitative estimate of drug-likeness (QED) is 0.257. The van der Waals surface area contributed by atoms with Crippen LogP contribution < -0.4 is 0 Å². The van der Waals surface area contributed by atoms with E-state index in [0.29, 0.717) is 38.6 Å². The first-order valence-corrected chi connectivity index (χ1v) is 12.7. The number of rotatable bonds is 4. The van der Waals surface area contributed by atoms with E-state index in [4.69, 9.17) is 0 Å². The lowest BCUT2D eigenvalue weighted by Crippen LogP contribution is -2.41. The van der Waals surface area contributed by atoms with Crippen molar-refractivity contribution in [2.24, 2.45) is 23.7 Å². The van der Waals surface area contributed by atoms with E-state index in [1.54, 1.807) is 0 Å². The van der Waals surface area contributed by atoms with Gasteiger partial charge in [0.15, 0.2) is 0 Å². The van der Waals surface area contributed by atoms with Crippen molar-refractivity contribution in [3.05, 3.63) is 0 Å². The highest BCUT2D eigenvalue weighted by atomic mass is 79.9. The molecule has 8 heteroatoms. The summed E-state index contributed by atoms with van der Waals surface area (Å²) in [6.45, 7) is 0. The number of hydrogen-bond acceptors (Lipinski definition) is 0. The minimum Gasteiger partial charge on any atom is -0.0762 e. The summed E-state index contributed by atoms with van der Waals surface area (Å²) >= 11 is 29.6. The Kier molecular flexibility index (Phi) is 10.2. The van der Waals surface area contributed by atoms with Gasteiger partial charge in [-0.1, -0.05) is 127 Å². The normalized spacial score (nSPS) is 34.0. The number of alkyl halides is 8. The van der Waals surface area contributed by atoms with E-state index in [-0.39, 0.29) is 0 Å². The Hall–Kier alpha value is 3.84. The standard InChI is InChI=1S/C10H12Br8/c11-7(12)3-1-4(8(13)14)6(10(17)18)2-5(3)9(15)16/h3-10H,1-2H2. The molecular weight excluding hydrogens is 759 g/mol. The predicted molar refractivity (Wildman–Crippen MR) is 110 cm³/mol. The Morgan fingerprint density at radius 3 is 0.722 bits per heavy atom. The number of hydrogen-bond donors (Lipinski definition) is 0. The molecule has 0 spiro atoms. The fraction of sp³-hybridized carbons (Fsp3) is 1.00. The van der Waals surface area contributed by atoms with E-state index < -0.39 is 0 Å². The average Bonchev–Trinajstić information content (AvgIpc) is 2.26. The maximum Gasteiger partial charge on any atom is 0.0729 e. The van der Waals surface area contributed by atoms with Crippen LogP contribution in [0.5, 0.6) is 0 Å². The van der Waals surface area contributed by atoms with Gasteiger partial charge in [0.2, 0.25) is 0 Å². The fourth-order valence-electron chi connectivity index (χ4n) is 2.49. The molecule has 0 bridgehead atoms. The van der Waals surface area contributed by atoms with E-state index in [0.717, 1.165) is 0 Å². The number of halogens is 8. The second-order valence-electron chi connectivity index (χ2n) is 4.46. The van der Waals surface area contributed by atoms with Gasteiger partial charge in [-0.3, -0.25) is 0 Å². The predicted octanol–water partition coefficient (Wildman–Crippen LogP) is 7.71. The maximum atomic E-state index is 3.70. The lowest BCUT2D eigenvalue weighted by molar-refractivity contribution is 0.157. The molecule has 0 aromatic rings. The van der Waals surface area contributed by atoms with Crippen molar-refractivity contribution in [2.45, 2.75) is 27.8 Å². The van der Waals surface area contributed by atoms with Crippen LogP contribution in [0.4, 0.5) is 0 Å². The first-order chi connectivity index (χ1) is 8.25. The molecule has 1 saturated carbocycles. The Balaban J connectivity index is 2.91. The van der Waals surface area contributed by atoms with Gasteiger partial charge >= 0.3 is 0 Å². The second kappa shape index (κ2) is 9.21. The fourth-order valence-corrected chi connectivity index (χ4v) is 7.35. The Labute approximate surface area is 176 Å². The lowest BCUT2D eigenvalue weighted by Gasteiger charge is -2.44. The van der Waals surface area contributed by atoms with Gasteiger partial charge in [0.1, 0.15) is 0 Å². The maximum absolute atomic E-state index is 3.70. The van der Waals surface area contributed by atoms with E-state index >= 15 is 0 Å². The molecule has 0 heterocycles. The van der Waals surface area contributed by atoms with Gasteiger partial charge in [-0.25, -0.2) is 0 Å². The van der Waals surface area contributed by atoms with Crippen molar-refractivity contribution in [2.75, 3.05) is 0 Å². The summed E-state index contributed by atoms with van der Waals surface area (Å²) in [7, 11) is 0. The monoisotopic (exact) mass is 763 g/mol. The first kappa shape index (κ1) is 19.9. The molecule has 108 valence electrons. The smallest absolute Gasteiger partial charge is 0.0729 e. The molecule has 1 fully saturated rings. The van der Waals surface area contributed by atoms with Crippen LogP contribution in [-0.4, -0.2) is 14.9 Å². The molecule has 4 unspecified atom stereocenters. The second-order valence-corrected chi connectivity index (χ2v) is 17.3. The zero-order chi connectivity index (χ0) is 14.0. The van der Waals surface area contributed by atoms with Crippen molar-refractivity contribution in [1.29, 1.82) is 0 Å². The van der Waals surface area contributed by atoms with Crippen LogP contribution in [0.25, 0.3) is 0 Å². The summed E-state index contributed by atoms with van der Waals surface area (Å²) in [5.74, 6) is 2.36. The molecule has 0 nitrogen and oxygen atoms in total. The van der Waals surface area contributed by atoms with Crippen LogP contribution in [0, 0.1) is 23.7 Å². The van der Waals surface area contributed by atoms with Crippen molar-refractivity contribution in [1.82, 2.24) is 0 Å². The largest absolute Gasteiger partial charge is 0.0762 e. The van der Waals surface area contributed by atoms with Gasteiger partial charge in [0.05, 0.1) is 14.9 Å². The third-order valence-corrected chi connectivity index (χ3v) is 8.92. The Morgan fingerprint density at radius 1 is 0.444 bits per heavy atom. The van der Waals surface area contributed by atoms with Gasteiger partial charge in [0, 0.05) is 0 Å². The first-order valence-electron chi connectivity index (χ1n) is 5.38. The van der Waals surface area contributed by atoms with Crippen molar-refractivity contribution in [3.8, 4) is 0 Å². The molecule has 0 amide bonds. The van der Waals surface area contributed by atoms with Crippen LogP contribution in [0.15, 0.2) is 0 Å². The molecular formula is C10H12Br8. The molecule has 0 aromatic heterocycles. The van der Waals surface area contributed by atoms with Gasteiger partial charge in [-0.15, -0.1) is 0 Å². The lowest BCUT2D eigenvalue weighted by atomic mass is 9.71. The van der Waals surface area contributed by atoms with Gasteiger partial charge in [-0.05, 0) is 36.5 Å². The summed E-state index contributed by atoms with van der Waals surface area (Å²) in [6.07, 6.45) is 2.33. The summed E-state index contributed by atoms with van der Waals surface area (Å²) < 4.78 is 1.38. The molecule has 1 aliphatic rings. The topological polar surface area (TPSA) is 0 Å². The van der Waals surface area contributed by atoms with Crippen LogP contribution in [0.2, 0.25) is 0 Å². The molecule has 1 rings (SSSR count). The molecule has 0 aliphatic heterocycles. The van der Waals surface area contributed by atoms with Crippen LogP contribution in [0.1, 0.15) is 12.8 Å². The van der Waals surface area contributed by atoms with Crippen LogP contribution in [0.3, 0.4) is 0 Å². The van der Waals surface area contributed by atoms with E-state index in [2.05, 4.69) is 127 Å². The zero-order valence-electron chi connectivity index (χ0n) is 9.06. The SMILES string of the molecule is BrC(Br)C1CC(C(Br)Br)C(C(Br)Br)CC1C(Br)Br. The van der Waals surface area contributed by atoms with Gasteiger partial charge < -0.3 is 0 Å². The van der Waals surface area contributed by atoms with Crippen LogP contribution >= 0.6 is 127 Å². The van der Waals surface area contributed by atoms with Crippen molar-refractivity contribution in [3.63, 3.8) is 0 Å². The molecule has 0 aromatic carbocycles. The van der Waals surface area contributed by atoms with E-state index in [1.165, 1.54) is 12.8 Å². The van der Waals surface area contributed by atoms with Crippen LogP contribution in [-0.2, 0) is 0 Å². The molecule has 18 heavy (non-hydrogen) atoms. The summed E-state index contributed by atoms with van der Waals surface area (Å²) in [6, 6.07) is 0. The molecule has 0 radical (unpaired) electrons. The minimum absolute atomic E-state index is 0.346.